The Balaban J connectivity index is 1.89. The van der Waals surface area contributed by atoms with E-state index in [-0.39, 0.29) is 24.2 Å². The van der Waals surface area contributed by atoms with E-state index >= 15 is 0 Å². The van der Waals surface area contributed by atoms with E-state index < -0.39 is 0 Å². The minimum Gasteiger partial charge on any atom is -0.493 e. The SMILES string of the molecule is COc1cccc(/C=N\NC(=O)CC[C@@H]2C(=O)NN=C2C)c1OC. The molecule has 1 aliphatic heterocycles. The van der Waals surface area contributed by atoms with E-state index in [2.05, 4.69) is 21.1 Å². The molecule has 128 valence electrons. The molecular formula is C16H20N4O4. The third-order valence-corrected chi connectivity index (χ3v) is 3.65. The third-order valence-electron chi connectivity index (χ3n) is 3.65. The van der Waals surface area contributed by atoms with Crippen molar-refractivity contribution in [2.75, 3.05) is 14.2 Å². The predicted octanol–water partition coefficient (Wildman–Crippen LogP) is 1.06. The molecule has 0 radical (unpaired) electrons. The number of carbonyl (C=O) groups excluding carboxylic acids is 2. The highest BCUT2D eigenvalue weighted by atomic mass is 16.5. The number of nitrogens with zero attached hydrogens (tertiary/aromatic N) is 2. The van der Waals surface area contributed by atoms with Gasteiger partial charge in [0.2, 0.25) is 11.8 Å². The second kappa shape index (κ2) is 8.09. The number of ether oxygens (including phenoxy) is 2. The number of para-hydroxylation sites is 1. The van der Waals surface area contributed by atoms with Crippen molar-refractivity contribution in [1.82, 2.24) is 10.9 Å². The second-order valence-electron chi connectivity index (χ2n) is 5.20. The van der Waals surface area contributed by atoms with Gasteiger partial charge in [0.1, 0.15) is 0 Å². The van der Waals surface area contributed by atoms with Crippen LogP contribution in [0.3, 0.4) is 0 Å². The lowest BCUT2D eigenvalue weighted by Gasteiger charge is -2.09. The molecule has 1 heterocycles. The fraction of sp³-hybridized carbons (Fsp3) is 0.375. The lowest BCUT2D eigenvalue weighted by atomic mass is 9.99. The maximum atomic E-state index is 11.8. The zero-order valence-electron chi connectivity index (χ0n) is 13.8. The Hall–Kier alpha value is -2.90. The monoisotopic (exact) mass is 332 g/mol. The molecule has 2 amide bonds. The van der Waals surface area contributed by atoms with Crippen LogP contribution in [0.5, 0.6) is 11.5 Å². The van der Waals surface area contributed by atoms with Crippen molar-refractivity contribution in [3.8, 4) is 11.5 Å². The molecule has 1 atom stereocenters. The Morgan fingerprint density at radius 3 is 2.83 bits per heavy atom. The zero-order valence-corrected chi connectivity index (χ0v) is 13.8. The first kappa shape index (κ1) is 17.5. The largest absolute Gasteiger partial charge is 0.493 e. The van der Waals surface area contributed by atoms with Crippen molar-refractivity contribution in [3.05, 3.63) is 23.8 Å². The van der Waals surface area contributed by atoms with E-state index in [1.165, 1.54) is 13.3 Å². The molecule has 8 heteroatoms. The molecule has 0 saturated heterocycles. The van der Waals surface area contributed by atoms with Crippen LogP contribution in [0.1, 0.15) is 25.3 Å². The summed E-state index contributed by atoms with van der Waals surface area (Å²) in [4.78, 5) is 23.3. The number of hydrogen-bond acceptors (Lipinski definition) is 6. The lowest BCUT2D eigenvalue weighted by molar-refractivity contribution is -0.123. The molecule has 0 saturated carbocycles. The number of hydrogen-bond donors (Lipinski definition) is 2. The Morgan fingerprint density at radius 1 is 1.42 bits per heavy atom. The molecule has 0 bridgehead atoms. The molecule has 24 heavy (non-hydrogen) atoms. The Kier molecular flexibility index (Phi) is 5.89. The number of benzene rings is 1. The van der Waals surface area contributed by atoms with Crippen molar-refractivity contribution in [2.24, 2.45) is 16.1 Å². The van der Waals surface area contributed by atoms with Gasteiger partial charge in [0, 0.05) is 17.7 Å². The van der Waals surface area contributed by atoms with Gasteiger partial charge in [-0.15, -0.1) is 0 Å². The van der Waals surface area contributed by atoms with Crippen LogP contribution in [-0.2, 0) is 9.59 Å². The van der Waals surface area contributed by atoms with E-state index in [1.807, 2.05) is 0 Å². The van der Waals surface area contributed by atoms with Gasteiger partial charge in [-0.1, -0.05) is 6.07 Å². The van der Waals surface area contributed by atoms with Gasteiger partial charge < -0.3 is 9.47 Å². The van der Waals surface area contributed by atoms with E-state index in [0.717, 1.165) is 0 Å². The Morgan fingerprint density at radius 2 is 2.21 bits per heavy atom. The van der Waals surface area contributed by atoms with Gasteiger partial charge >= 0.3 is 0 Å². The van der Waals surface area contributed by atoms with Crippen LogP contribution in [-0.4, -0.2) is 38.0 Å². The molecule has 0 unspecified atom stereocenters. The minimum atomic E-state index is -0.349. The summed E-state index contributed by atoms with van der Waals surface area (Å²) in [7, 11) is 3.08. The molecule has 8 nitrogen and oxygen atoms in total. The van der Waals surface area contributed by atoms with Crippen molar-refractivity contribution in [3.63, 3.8) is 0 Å². The molecular weight excluding hydrogens is 312 g/mol. The van der Waals surface area contributed by atoms with Gasteiger partial charge in [-0.2, -0.15) is 10.2 Å². The average Bonchev–Trinajstić information content (AvgIpc) is 2.90. The fourth-order valence-electron chi connectivity index (χ4n) is 2.35. The topological polar surface area (TPSA) is 101 Å². The summed E-state index contributed by atoms with van der Waals surface area (Å²) in [6.45, 7) is 1.76. The van der Waals surface area contributed by atoms with Crippen molar-refractivity contribution in [1.29, 1.82) is 0 Å². The van der Waals surface area contributed by atoms with Crippen molar-refractivity contribution < 1.29 is 19.1 Å². The summed E-state index contributed by atoms with van der Waals surface area (Å²) in [5.41, 5.74) is 6.20. The molecule has 1 aromatic carbocycles. The second-order valence-corrected chi connectivity index (χ2v) is 5.20. The normalized spacial score (nSPS) is 16.7. The smallest absolute Gasteiger partial charge is 0.248 e. The maximum absolute atomic E-state index is 11.8. The number of nitrogens with one attached hydrogen (secondary N) is 2. The summed E-state index contributed by atoms with van der Waals surface area (Å²) >= 11 is 0. The van der Waals surface area contributed by atoms with Gasteiger partial charge in [-0.3, -0.25) is 9.59 Å². The van der Waals surface area contributed by atoms with E-state index in [4.69, 9.17) is 9.47 Å². The predicted molar refractivity (Wildman–Crippen MR) is 89.3 cm³/mol. The average molecular weight is 332 g/mol. The summed E-state index contributed by atoms with van der Waals surface area (Å²) in [6.07, 6.45) is 2.05. The van der Waals surface area contributed by atoms with Crippen LogP contribution in [0.2, 0.25) is 0 Å². The van der Waals surface area contributed by atoms with Crippen LogP contribution >= 0.6 is 0 Å². The lowest BCUT2D eigenvalue weighted by Crippen LogP contribution is -2.25. The van der Waals surface area contributed by atoms with E-state index in [0.29, 0.717) is 29.2 Å². The maximum Gasteiger partial charge on any atom is 0.248 e. The van der Waals surface area contributed by atoms with Crippen LogP contribution in [0, 0.1) is 5.92 Å². The fourth-order valence-corrected chi connectivity index (χ4v) is 2.35. The summed E-state index contributed by atoms with van der Waals surface area (Å²) in [5, 5.41) is 7.76. The van der Waals surface area contributed by atoms with Gasteiger partial charge in [0.05, 0.1) is 26.4 Å². The van der Waals surface area contributed by atoms with E-state index in [9.17, 15) is 9.59 Å². The quantitative estimate of drug-likeness (QED) is 0.576. The first-order valence-corrected chi connectivity index (χ1v) is 7.43. The molecule has 0 spiro atoms. The van der Waals surface area contributed by atoms with Gasteiger partial charge in [-0.05, 0) is 25.5 Å². The Labute approximate surface area is 139 Å². The molecule has 1 aromatic rings. The third kappa shape index (κ3) is 4.09. The zero-order chi connectivity index (χ0) is 17.5. The van der Waals surface area contributed by atoms with Crippen LogP contribution in [0.25, 0.3) is 0 Å². The molecule has 2 rings (SSSR count). The molecule has 0 aromatic heterocycles. The summed E-state index contributed by atoms with van der Waals surface area (Å²) in [5.74, 6) is 0.311. The highest BCUT2D eigenvalue weighted by Gasteiger charge is 2.26. The standard InChI is InChI=1S/C16H20N4O4/c1-10-12(16(22)20-18-10)7-8-14(21)19-17-9-11-5-4-6-13(23-2)15(11)24-3/h4-6,9,12H,7-8H2,1-3H3,(H,19,21)(H,20,22)/b17-9-/t12-/m0/s1. The number of hydrazone groups is 2. The highest BCUT2D eigenvalue weighted by molar-refractivity contribution is 6.07. The van der Waals surface area contributed by atoms with Gasteiger partial charge in [-0.25, -0.2) is 10.9 Å². The molecule has 2 N–H and O–H groups in total. The van der Waals surface area contributed by atoms with Crippen LogP contribution < -0.4 is 20.3 Å². The van der Waals surface area contributed by atoms with Crippen molar-refractivity contribution >= 4 is 23.7 Å². The summed E-state index contributed by atoms with van der Waals surface area (Å²) in [6, 6.07) is 5.36. The van der Waals surface area contributed by atoms with Crippen molar-refractivity contribution in [2.45, 2.75) is 19.8 Å². The van der Waals surface area contributed by atoms with Gasteiger partial charge in [0.15, 0.2) is 11.5 Å². The number of amides is 2. The molecule has 0 aliphatic carbocycles. The summed E-state index contributed by atoms with van der Waals surface area (Å²) < 4.78 is 10.5. The van der Waals surface area contributed by atoms with Gasteiger partial charge in [0.25, 0.3) is 0 Å². The molecule has 0 fully saturated rings. The minimum absolute atomic E-state index is 0.176. The number of methoxy groups -OCH3 is 2. The number of carbonyl (C=O) groups is 2. The molecule has 1 aliphatic rings. The Bertz CT molecular complexity index is 685. The number of rotatable bonds is 7. The van der Waals surface area contributed by atoms with Crippen LogP contribution in [0.15, 0.2) is 28.4 Å². The highest BCUT2D eigenvalue weighted by Crippen LogP contribution is 2.29. The van der Waals surface area contributed by atoms with Crippen LogP contribution in [0.4, 0.5) is 0 Å². The first-order chi connectivity index (χ1) is 11.6. The first-order valence-electron chi connectivity index (χ1n) is 7.43. The van der Waals surface area contributed by atoms with E-state index in [1.54, 1.807) is 32.2 Å².